The molecule has 0 saturated carbocycles. The zero-order valence-corrected chi connectivity index (χ0v) is 19.0. The third-order valence-electron chi connectivity index (χ3n) is 5.80. The molecular weight excluding hydrogens is 446 g/mol. The minimum absolute atomic E-state index is 0.113. The Bertz CT molecular complexity index is 1230. The smallest absolute Gasteiger partial charge is 0.323 e. The maximum Gasteiger partial charge on any atom is 0.323 e. The summed E-state index contributed by atoms with van der Waals surface area (Å²) in [5.41, 5.74) is 2.09. The number of hydrogen-bond donors (Lipinski definition) is 2. The van der Waals surface area contributed by atoms with Crippen molar-refractivity contribution < 1.29 is 24.3 Å². The molecule has 0 spiro atoms. The van der Waals surface area contributed by atoms with Gasteiger partial charge in [0, 0.05) is 12.0 Å². The van der Waals surface area contributed by atoms with Crippen molar-refractivity contribution in [1.82, 2.24) is 5.32 Å². The number of para-hydroxylation sites is 2. The van der Waals surface area contributed by atoms with Crippen molar-refractivity contribution >= 4 is 35.1 Å². The quantitative estimate of drug-likeness (QED) is 0.551. The normalized spacial score (nSPS) is 15.2. The molecule has 2 N–H and O–H groups in total. The monoisotopic (exact) mass is 471 g/mol. The highest BCUT2D eigenvalue weighted by atomic mass is 16.4. The second-order valence-electron chi connectivity index (χ2n) is 8.19. The van der Waals surface area contributed by atoms with Crippen molar-refractivity contribution in [3.05, 3.63) is 96.1 Å². The number of carboxylic acid groups (broad SMARTS) is 1. The van der Waals surface area contributed by atoms with Crippen molar-refractivity contribution in [2.24, 2.45) is 0 Å². The molecule has 0 bridgehead atoms. The molecule has 35 heavy (non-hydrogen) atoms. The van der Waals surface area contributed by atoms with E-state index >= 15 is 0 Å². The van der Waals surface area contributed by atoms with Crippen molar-refractivity contribution in [2.45, 2.75) is 18.9 Å². The lowest BCUT2D eigenvalue weighted by Gasteiger charge is -2.25. The van der Waals surface area contributed by atoms with Crippen LogP contribution in [0.4, 0.5) is 11.4 Å². The van der Waals surface area contributed by atoms with E-state index in [2.05, 4.69) is 5.32 Å². The number of benzene rings is 3. The summed E-state index contributed by atoms with van der Waals surface area (Å²) in [5, 5.41) is 12.2. The van der Waals surface area contributed by atoms with Crippen LogP contribution in [-0.4, -0.2) is 47.9 Å². The van der Waals surface area contributed by atoms with Gasteiger partial charge < -0.3 is 15.3 Å². The van der Waals surface area contributed by atoms with E-state index in [4.69, 9.17) is 0 Å². The number of nitrogens with zero attached hydrogens (tertiary/aromatic N) is 2. The SMILES string of the molecule is O=C(O)CN1C(=O)C(NC(=O)c2ccccc2)CN(C(=O)CCc2ccccc2)c2ccccc21. The molecule has 0 aliphatic carbocycles. The predicted molar refractivity (Wildman–Crippen MR) is 131 cm³/mol. The number of anilines is 2. The minimum Gasteiger partial charge on any atom is -0.480 e. The Morgan fingerprint density at radius 2 is 1.46 bits per heavy atom. The number of fused-ring (bicyclic) bond motifs is 1. The van der Waals surface area contributed by atoms with Gasteiger partial charge in [0.05, 0.1) is 17.9 Å². The van der Waals surface area contributed by atoms with Gasteiger partial charge in [-0.2, -0.15) is 0 Å². The van der Waals surface area contributed by atoms with Crippen LogP contribution in [0.5, 0.6) is 0 Å². The lowest BCUT2D eigenvalue weighted by molar-refractivity contribution is -0.136. The highest BCUT2D eigenvalue weighted by Crippen LogP contribution is 2.33. The van der Waals surface area contributed by atoms with Gasteiger partial charge in [0.1, 0.15) is 12.6 Å². The Morgan fingerprint density at radius 3 is 2.11 bits per heavy atom. The molecule has 3 aromatic rings. The summed E-state index contributed by atoms with van der Waals surface area (Å²) in [6.07, 6.45) is 0.691. The topological polar surface area (TPSA) is 107 Å². The Morgan fingerprint density at radius 1 is 0.857 bits per heavy atom. The zero-order chi connectivity index (χ0) is 24.8. The van der Waals surface area contributed by atoms with Crippen molar-refractivity contribution in [3.63, 3.8) is 0 Å². The number of hydrogen-bond acceptors (Lipinski definition) is 4. The van der Waals surface area contributed by atoms with Crippen molar-refractivity contribution in [3.8, 4) is 0 Å². The number of amides is 3. The number of aliphatic carboxylic acids is 1. The average Bonchev–Trinajstić information content (AvgIpc) is 2.99. The van der Waals surface area contributed by atoms with Crippen LogP contribution in [-0.2, 0) is 20.8 Å². The first-order valence-corrected chi connectivity index (χ1v) is 11.3. The highest BCUT2D eigenvalue weighted by molar-refractivity contribution is 6.10. The molecule has 3 aromatic carbocycles. The number of carboxylic acids is 1. The fraction of sp³-hybridized carbons (Fsp3) is 0.185. The molecule has 3 amide bonds. The van der Waals surface area contributed by atoms with Crippen LogP contribution in [0.25, 0.3) is 0 Å². The van der Waals surface area contributed by atoms with Gasteiger partial charge in [-0.05, 0) is 36.2 Å². The van der Waals surface area contributed by atoms with Gasteiger partial charge in [0.25, 0.3) is 11.8 Å². The average molecular weight is 472 g/mol. The first-order chi connectivity index (χ1) is 16.9. The molecule has 0 radical (unpaired) electrons. The van der Waals surface area contributed by atoms with Crippen LogP contribution in [0.3, 0.4) is 0 Å². The second kappa shape index (κ2) is 10.6. The molecule has 4 rings (SSSR count). The molecular formula is C27H25N3O5. The number of aryl methyl sites for hydroxylation is 1. The molecule has 178 valence electrons. The summed E-state index contributed by atoms with van der Waals surface area (Å²) in [4.78, 5) is 53.9. The van der Waals surface area contributed by atoms with Gasteiger partial charge in [0.15, 0.2) is 0 Å². The molecule has 1 atom stereocenters. The number of carbonyl (C=O) groups excluding carboxylic acids is 3. The summed E-state index contributed by atoms with van der Waals surface area (Å²) < 4.78 is 0. The van der Waals surface area contributed by atoms with Crippen LogP contribution in [0.15, 0.2) is 84.9 Å². The first kappa shape index (κ1) is 23.7. The lowest BCUT2D eigenvalue weighted by Crippen LogP contribution is -2.53. The summed E-state index contributed by atoms with van der Waals surface area (Å²) in [5.74, 6) is -2.51. The summed E-state index contributed by atoms with van der Waals surface area (Å²) >= 11 is 0. The van der Waals surface area contributed by atoms with Crippen LogP contribution in [0.2, 0.25) is 0 Å². The van der Waals surface area contributed by atoms with E-state index in [0.717, 1.165) is 10.5 Å². The Balaban J connectivity index is 1.66. The molecule has 0 aromatic heterocycles. The van der Waals surface area contributed by atoms with E-state index in [1.165, 1.54) is 4.90 Å². The number of nitrogens with one attached hydrogen (secondary N) is 1. The number of rotatable bonds is 7. The van der Waals surface area contributed by atoms with Gasteiger partial charge in [-0.3, -0.25) is 24.1 Å². The molecule has 1 unspecified atom stereocenters. The van der Waals surface area contributed by atoms with Gasteiger partial charge in [-0.1, -0.05) is 60.7 Å². The second-order valence-corrected chi connectivity index (χ2v) is 8.19. The fourth-order valence-electron chi connectivity index (χ4n) is 4.09. The van der Waals surface area contributed by atoms with E-state index in [-0.39, 0.29) is 18.9 Å². The van der Waals surface area contributed by atoms with Crippen LogP contribution in [0, 0.1) is 0 Å². The standard InChI is InChI=1S/C27H25N3O5/c31-24(16-15-19-9-3-1-4-10-19)29-17-21(28-26(34)20-11-5-2-6-12-20)27(35)30(18-25(32)33)23-14-8-7-13-22(23)29/h1-14,21H,15-18H2,(H,28,34)(H,32,33). The van der Waals surface area contributed by atoms with E-state index in [1.807, 2.05) is 30.3 Å². The molecule has 1 aliphatic heterocycles. The Hall–Kier alpha value is -4.46. The van der Waals surface area contributed by atoms with E-state index in [1.54, 1.807) is 54.6 Å². The van der Waals surface area contributed by atoms with Gasteiger partial charge in [-0.15, -0.1) is 0 Å². The maximum absolute atomic E-state index is 13.5. The summed E-state index contributed by atoms with van der Waals surface area (Å²) in [6.45, 7) is -0.711. The fourth-order valence-corrected chi connectivity index (χ4v) is 4.09. The number of carbonyl (C=O) groups is 4. The maximum atomic E-state index is 13.5. The summed E-state index contributed by atoms with van der Waals surface area (Å²) in [6, 6.07) is 23.5. The van der Waals surface area contributed by atoms with Gasteiger partial charge in [0.2, 0.25) is 5.91 Å². The van der Waals surface area contributed by atoms with E-state index in [9.17, 15) is 24.3 Å². The van der Waals surface area contributed by atoms with Gasteiger partial charge >= 0.3 is 5.97 Å². The molecule has 0 fully saturated rings. The summed E-state index contributed by atoms with van der Waals surface area (Å²) in [7, 11) is 0. The Labute approximate surface area is 202 Å². The van der Waals surface area contributed by atoms with Gasteiger partial charge in [-0.25, -0.2) is 0 Å². The molecule has 0 saturated heterocycles. The van der Waals surface area contributed by atoms with Crippen LogP contribution < -0.4 is 15.1 Å². The van der Waals surface area contributed by atoms with Crippen molar-refractivity contribution in [1.29, 1.82) is 0 Å². The highest BCUT2D eigenvalue weighted by Gasteiger charge is 2.37. The first-order valence-electron chi connectivity index (χ1n) is 11.3. The van der Waals surface area contributed by atoms with Crippen LogP contribution >= 0.6 is 0 Å². The largest absolute Gasteiger partial charge is 0.480 e. The predicted octanol–water partition coefficient (Wildman–Crippen LogP) is 2.88. The third-order valence-corrected chi connectivity index (χ3v) is 5.80. The van der Waals surface area contributed by atoms with Crippen LogP contribution in [0.1, 0.15) is 22.3 Å². The third kappa shape index (κ3) is 5.55. The minimum atomic E-state index is -1.20. The lowest BCUT2D eigenvalue weighted by atomic mass is 10.1. The van der Waals surface area contributed by atoms with Crippen molar-refractivity contribution in [2.75, 3.05) is 22.9 Å². The molecule has 8 nitrogen and oxygen atoms in total. The Kier molecular flexibility index (Phi) is 7.21. The van der Waals surface area contributed by atoms with E-state index < -0.39 is 30.4 Å². The molecule has 1 heterocycles. The van der Waals surface area contributed by atoms with E-state index in [0.29, 0.717) is 23.4 Å². The zero-order valence-electron chi connectivity index (χ0n) is 19.0. The molecule has 1 aliphatic rings. The molecule has 8 heteroatoms.